The van der Waals surface area contributed by atoms with Gasteiger partial charge in [-0.25, -0.2) is 4.98 Å². The molecule has 28 heavy (non-hydrogen) atoms. The van der Waals surface area contributed by atoms with Crippen molar-refractivity contribution in [1.29, 1.82) is 0 Å². The number of carbonyl (C=O) groups is 2. The lowest BCUT2D eigenvalue weighted by molar-refractivity contribution is -0.117. The minimum atomic E-state index is -0.341. The Morgan fingerprint density at radius 2 is 1.82 bits per heavy atom. The van der Waals surface area contributed by atoms with E-state index in [9.17, 15) is 9.59 Å². The summed E-state index contributed by atoms with van der Waals surface area (Å²) in [5, 5.41) is 7.31. The zero-order valence-corrected chi connectivity index (χ0v) is 16.9. The van der Waals surface area contributed by atoms with Crippen molar-refractivity contribution in [3.8, 4) is 0 Å². The Bertz CT molecular complexity index is 1050. The maximum atomic E-state index is 12.7. The van der Waals surface area contributed by atoms with Crippen molar-refractivity contribution in [2.45, 2.75) is 18.8 Å². The van der Waals surface area contributed by atoms with Crippen molar-refractivity contribution in [2.75, 3.05) is 10.6 Å². The fraction of sp³-hybridized carbons (Fsp3) is 0.150. The average molecular weight is 432 g/mol. The second-order valence-corrected chi connectivity index (χ2v) is 8.34. The number of anilines is 2. The second kappa shape index (κ2) is 7.91. The summed E-state index contributed by atoms with van der Waals surface area (Å²) in [5.41, 5.74) is 1.88. The second-order valence-electron chi connectivity index (χ2n) is 6.38. The molecule has 1 aliphatic carbocycles. The molecule has 0 saturated heterocycles. The Morgan fingerprint density at radius 1 is 1.04 bits per heavy atom. The predicted molar refractivity (Wildman–Crippen MR) is 113 cm³/mol. The van der Waals surface area contributed by atoms with Crippen molar-refractivity contribution >= 4 is 57.2 Å². The number of nitrogens with zero attached hydrogens (tertiary/aromatic N) is 1. The van der Waals surface area contributed by atoms with Crippen LogP contribution in [0, 0.1) is 0 Å². The highest BCUT2D eigenvalue weighted by molar-refractivity contribution is 7.16. The van der Waals surface area contributed by atoms with Gasteiger partial charge in [0.15, 0.2) is 5.13 Å². The van der Waals surface area contributed by atoms with Gasteiger partial charge in [0.1, 0.15) is 0 Å². The number of hydrogen-bond acceptors (Lipinski definition) is 4. The number of halogens is 2. The van der Waals surface area contributed by atoms with E-state index in [2.05, 4.69) is 15.6 Å². The maximum Gasteiger partial charge on any atom is 0.257 e. The SMILES string of the molecule is O=C(Nc1nc2c(s1)CCC2C(=O)Nc1cccc(Cl)c1)c1ccc(Cl)cc1. The summed E-state index contributed by atoms with van der Waals surface area (Å²) in [4.78, 5) is 30.6. The topological polar surface area (TPSA) is 71.1 Å². The molecule has 1 heterocycles. The quantitative estimate of drug-likeness (QED) is 0.582. The lowest BCUT2D eigenvalue weighted by Gasteiger charge is -2.11. The average Bonchev–Trinajstić information content (AvgIpc) is 3.22. The molecular formula is C20H15Cl2N3O2S. The number of thiazole rings is 1. The van der Waals surface area contributed by atoms with E-state index in [-0.39, 0.29) is 17.7 Å². The summed E-state index contributed by atoms with van der Waals surface area (Å²) in [7, 11) is 0. The van der Waals surface area contributed by atoms with Crippen LogP contribution in [-0.4, -0.2) is 16.8 Å². The van der Waals surface area contributed by atoms with E-state index in [1.165, 1.54) is 11.3 Å². The molecule has 0 saturated carbocycles. The number of fused-ring (bicyclic) bond motifs is 1. The van der Waals surface area contributed by atoms with Gasteiger partial charge in [-0.05, 0) is 55.3 Å². The van der Waals surface area contributed by atoms with Crippen LogP contribution in [-0.2, 0) is 11.2 Å². The fourth-order valence-electron chi connectivity index (χ4n) is 3.10. The largest absolute Gasteiger partial charge is 0.325 e. The van der Waals surface area contributed by atoms with E-state index in [1.807, 2.05) is 0 Å². The minimum absolute atomic E-state index is 0.123. The number of amides is 2. The van der Waals surface area contributed by atoms with Crippen molar-refractivity contribution in [3.63, 3.8) is 0 Å². The highest BCUT2D eigenvalue weighted by atomic mass is 35.5. The van der Waals surface area contributed by atoms with Crippen LogP contribution in [0.1, 0.15) is 33.3 Å². The van der Waals surface area contributed by atoms with Gasteiger partial charge < -0.3 is 5.32 Å². The van der Waals surface area contributed by atoms with Gasteiger partial charge in [0.05, 0.1) is 11.6 Å². The Morgan fingerprint density at radius 3 is 2.57 bits per heavy atom. The van der Waals surface area contributed by atoms with Crippen LogP contribution in [0.25, 0.3) is 0 Å². The zero-order chi connectivity index (χ0) is 19.7. The summed E-state index contributed by atoms with van der Waals surface area (Å²) in [5.74, 6) is -0.725. The van der Waals surface area contributed by atoms with Crippen LogP contribution < -0.4 is 10.6 Å². The summed E-state index contributed by atoms with van der Waals surface area (Å²) in [6.07, 6.45) is 1.46. The third-order valence-electron chi connectivity index (χ3n) is 4.45. The number of aromatic nitrogens is 1. The molecule has 1 atom stereocenters. The summed E-state index contributed by atoms with van der Waals surface area (Å²) in [6, 6.07) is 13.7. The van der Waals surface area contributed by atoms with Crippen LogP contribution in [0.5, 0.6) is 0 Å². The monoisotopic (exact) mass is 431 g/mol. The maximum absolute atomic E-state index is 12.7. The van der Waals surface area contributed by atoms with Gasteiger partial charge in [0.2, 0.25) is 5.91 Å². The summed E-state index contributed by atoms with van der Waals surface area (Å²) < 4.78 is 0. The molecule has 1 aliphatic rings. The molecule has 5 nitrogen and oxygen atoms in total. The van der Waals surface area contributed by atoms with Crippen molar-refractivity contribution < 1.29 is 9.59 Å². The molecule has 0 bridgehead atoms. The van der Waals surface area contributed by atoms with Gasteiger partial charge in [-0.2, -0.15) is 0 Å². The molecule has 1 aromatic heterocycles. The Labute approximate surface area is 175 Å². The zero-order valence-electron chi connectivity index (χ0n) is 14.5. The highest BCUT2D eigenvalue weighted by Gasteiger charge is 2.33. The van der Waals surface area contributed by atoms with Gasteiger partial charge in [-0.15, -0.1) is 11.3 Å². The molecule has 1 unspecified atom stereocenters. The first kappa shape index (κ1) is 18.9. The van der Waals surface area contributed by atoms with Gasteiger partial charge in [0, 0.05) is 26.2 Å². The fourth-order valence-corrected chi connectivity index (χ4v) is 4.45. The van der Waals surface area contributed by atoms with Crippen LogP contribution in [0.15, 0.2) is 48.5 Å². The first-order valence-corrected chi connectivity index (χ1v) is 10.2. The molecule has 2 amide bonds. The molecule has 2 N–H and O–H groups in total. The van der Waals surface area contributed by atoms with Crippen molar-refractivity contribution in [1.82, 2.24) is 4.98 Å². The number of benzene rings is 2. The van der Waals surface area contributed by atoms with Gasteiger partial charge >= 0.3 is 0 Å². The third kappa shape index (κ3) is 4.04. The lowest BCUT2D eigenvalue weighted by atomic mass is 10.1. The smallest absolute Gasteiger partial charge is 0.257 e. The number of carbonyl (C=O) groups excluding carboxylic acids is 2. The predicted octanol–water partition coefficient (Wildman–Crippen LogP) is 5.37. The number of nitrogens with one attached hydrogen (secondary N) is 2. The van der Waals surface area contributed by atoms with Gasteiger partial charge in [0.25, 0.3) is 5.91 Å². The lowest BCUT2D eigenvalue weighted by Crippen LogP contribution is -2.20. The van der Waals surface area contributed by atoms with E-state index < -0.39 is 0 Å². The molecule has 0 radical (unpaired) electrons. The normalized spacial score (nSPS) is 15.1. The van der Waals surface area contributed by atoms with Crippen LogP contribution in [0.2, 0.25) is 10.0 Å². The molecule has 8 heteroatoms. The minimum Gasteiger partial charge on any atom is -0.325 e. The molecule has 4 rings (SSSR count). The van der Waals surface area contributed by atoms with Gasteiger partial charge in [-0.1, -0.05) is 29.3 Å². The molecular weight excluding hydrogens is 417 g/mol. The molecule has 0 fully saturated rings. The Hall–Kier alpha value is -2.41. The first-order chi connectivity index (χ1) is 13.5. The van der Waals surface area contributed by atoms with Crippen molar-refractivity contribution in [2.24, 2.45) is 0 Å². The van der Waals surface area contributed by atoms with Crippen LogP contribution >= 0.6 is 34.5 Å². The number of aryl methyl sites for hydroxylation is 1. The van der Waals surface area contributed by atoms with E-state index in [1.54, 1.807) is 48.5 Å². The summed E-state index contributed by atoms with van der Waals surface area (Å²) >= 11 is 13.2. The highest BCUT2D eigenvalue weighted by Crippen LogP contribution is 2.39. The van der Waals surface area contributed by atoms with Crippen LogP contribution in [0.3, 0.4) is 0 Å². The molecule has 3 aromatic rings. The van der Waals surface area contributed by atoms with Gasteiger partial charge in [-0.3, -0.25) is 14.9 Å². The van der Waals surface area contributed by atoms with Crippen LogP contribution in [0.4, 0.5) is 10.8 Å². The standard InChI is InChI=1S/C20H15Cl2N3O2S/c21-12-6-4-11(5-7-12)18(26)25-20-24-17-15(8-9-16(17)28-20)19(27)23-14-3-1-2-13(22)10-14/h1-7,10,15H,8-9H2,(H,23,27)(H,24,25,26). The van der Waals surface area contributed by atoms with E-state index in [0.29, 0.717) is 32.8 Å². The Kier molecular flexibility index (Phi) is 5.35. The first-order valence-electron chi connectivity index (χ1n) is 8.62. The van der Waals surface area contributed by atoms with E-state index in [4.69, 9.17) is 23.2 Å². The number of hydrogen-bond donors (Lipinski definition) is 2. The number of rotatable bonds is 4. The van der Waals surface area contributed by atoms with E-state index >= 15 is 0 Å². The summed E-state index contributed by atoms with van der Waals surface area (Å²) in [6.45, 7) is 0. The molecule has 142 valence electrons. The van der Waals surface area contributed by atoms with E-state index in [0.717, 1.165) is 17.0 Å². The molecule has 0 spiro atoms. The Balaban J connectivity index is 1.47. The molecule has 0 aliphatic heterocycles. The molecule has 2 aromatic carbocycles. The third-order valence-corrected chi connectivity index (χ3v) is 5.99. The van der Waals surface area contributed by atoms with Crippen molar-refractivity contribution in [3.05, 3.63) is 74.7 Å².